The quantitative estimate of drug-likeness (QED) is 0.841. The minimum atomic E-state index is -0.218. The van der Waals surface area contributed by atoms with Gasteiger partial charge in [-0.15, -0.1) is 0 Å². The standard InChI is InChI=1S/C15H25N5/c1-11(2)19-6-8-20(9-7-19)14(10-16)15-12(3)18(5)13(4)17-15/h11,14H,6-9H2,1-5H3. The van der Waals surface area contributed by atoms with Crippen LogP contribution in [0.5, 0.6) is 0 Å². The van der Waals surface area contributed by atoms with Crippen LogP contribution in [0, 0.1) is 25.2 Å². The van der Waals surface area contributed by atoms with Crippen molar-refractivity contribution < 1.29 is 0 Å². The highest BCUT2D eigenvalue weighted by Crippen LogP contribution is 2.24. The van der Waals surface area contributed by atoms with E-state index in [-0.39, 0.29) is 6.04 Å². The maximum absolute atomic E-state index is 9.58. The van der Waals surface area contributed by atoms with E-state index in [0.29, 0.717) is 6.04 Å². The topological polar surface area (TPSA) is 48.1 Å². The first kappa shape index (κ1) is 15.0. The van der Waals surface area contributed by atoms with E-state index in [1.807, 2.05) is 20.9 Å². The van der Waals surface area contributed by atoms with Gasteiger partial charge >= 0.3 is 0 Å². The average molecular weight is 275 g/mol. The third kappa shape index (κ3) is 2.72. The van der Waals surface area contributed by atoms with E-state index in [1.54, 1.807) is 0 Å². The minimum Gasteiger partial charge on any atom is -0.335 e. The van der Waals surface area contributed by atoms with Crippen LogP contribution in [0.1, 0.15) is 37.1 Å². The van der Waals surface area contributed by atoms with Gasteiger partial charge in [0.2, 0.25) is 0 Å². The zero-order chi connectivity index (χ0) is 14.9. The Morgan fingerprint density at radius 2 is 1.65 bits per heavy atom. The monoisotopic (exact) mass is 275 g/mol. The molecule has 1 unspecified atom stereocenters. The van der Waals surface area contributed by atoms with Crippen molar-refractivity contribution in [3.63, 3.8) is 0 Å². The summed E-state index contributed by atoms with van der Waals surface area (Å²) in [6.45, 7) is 12.4. The lowest BCUT2D eigenvalue weighted by atomic mass is 10.1. The van der Waals surface area contributed by atoms with Gasteiger partial charge in [0.15, 0.2) is 0 Å². The highest BCUT2D eigenvalue weighted by molar-refractivity contribution is 5.24. The molecule has 0 radical (unpaired) electrons. The van der Waals surface area contributed by atoms with Crippen molar-refractivity contribution in [3.8, 4) is 6.07 Å². The van der Waals surface area contributed by atoms with Crippen LogP contribution in [0.4, 0.5) is 0 Å². The molecule has 5 nitrogen and oxygen atoms in total. The lowest BCUT2D eigenvalue weighted by Gasteiger charge is -2.38. The number of aryl methyl sites for hydroxylation is 1. The largest absolute Gasteiger partial charge is 0.335 e. The van der Waals surface area contributed by atoms with E-state index in [2.05, 4.69) is 39.3 Å². The molecule has 20 heavy (non-hydrogen) atoms. The van der Waals surface area contributed by atoms with Gasteiger partial charge in [0, 0.05) is 45.0 Å². The molecule has 0 N–H and O–H groups in total. The van der Waals surface area contributed by atoms with Gasteiger partial charge in [-0.3, -0.25) is 9.80 Å². The van der Waals surface area contributed by atoms with Crippen molar-refractivity contribution >= 4 is 0 Å². The van der Waals surface area contributed by atoms with Crippen molar-refractivity contribution in [2.75, 3.05) is 26.2 Å². The number of piperazine rings is 1. The zero-order valence-corrected chi connectivity index (χ0v) is 13.2. The molecule has 0 bridgehead atoms. The number of hydrogen-bond donors (Lipinski definition) is 0. The highest BCUT2D eigenvalue weighted by atomic mass is 15.3. The molecule has 2 heterocycles. The Morgan fingerprint density at radius 3 is 2.05 bits per heavy atom. The summed E-state index contributed by atoms with van der Waals surface area (Å²) in [5, 5.41) is 9.58. The molecule has 5 heteroatoms. The minimum absolute atomic E-state index is 0.218. The van der Waals surface area contributed by atoms with E-state index in [9.17, 15) is 5.26 Å². The maximum atomic E-state index is 9.58. The van der Waals surface area contributed by atoms with Gasteiger partial charge in [0.25, 0.3) is 0 Å². The summed E-state index contributed by atoms with van der Waals surface area (Å²) >= 11 is 0. The number of hydrogen-bond acceptors (Lipinski definition) is 4. The van der Waals surface area contributed by atoms with Crippen molar-refractivity contribution in [2.24, 2.45) is 7.05 Å². The normalized spacial score (nSPS) is 19.2. The molecule has 1 atom stereocenters. The molecule has 0 spiro atoms. The van der Waals surface area contributed by atoms with Crippen molar-refractivity contribution in [3.05, 3.63) is 17.2 Å². The molecule has 1 fully saturated rings. The summed E-state index contributed by atoms with van der Waals surface area (Å²) in [4.78, 5) is 9.31. The average Bonchev–Trinajstić information content (AvgIpc) is 2.68. The Hall–Kier alpha value is -1.38. The summed E-state index contributed by atoms with van der Waals surface area (Å²) in [7, 11) is 2.01. The fourth-order valence-corrected chi connectivity index (χ4v) is 2.83. The van der Waals surface area contributed by atoms with Gasteiger partial charge in [-0.25, -0.2) is 4.98 Å². The van der Waals surface area contributed by atoms with Crippen molar-refractivity contribution in [2.45, 2.75) is 39.8 Å². The van der Waals surface area contributed by atoms with Crippen molar-refractivity contribution in [1.82, 2.24) is 19.4 Å². The van der Waals surface area contributed by atoms with Crippen molar-refractivity contribution in [1.29, 1.82) is 5.26 Å². The third-order valence-corrected chi connectivity index (χ3v) is 4.47. The first-order valence-corrected chi connectivity index (χ1v) is 7.33. The molecule has 0 aliphatic carbocycles. The van der Waals surface area contributed by atoms with E-state index >= 15 is 0 Å². The molecule has 0 saturated carbocycles. The Bertz CT molecular complexity index is 503. The maximum Gasteiger partial charge on any atom is 0.142 e. The van der Waals surface area contributed by atoms with Crippen LogP contribution in [0.2, 0.25) is 0 Å². The number of nitrogens with zero attached hydrogens (tertiary/aromatic N) is 5. The van der Waals surface area contributed by atoms with Crippen LogP contribution >= 0.6 is 0 Å². The Kier molecular flexibility index (Phi) is 4.46. The molecule has 2 rings (SSSR count). The van der Waals surface area contributed by atoms with Crippen LogP contribution in [-0.2, 0) is 7.05 Å². The predicted molar refractivity (Wildman–Crippen MR) is 79.3 cm³/mol. The summed E-state index contributed by atoms with van der Waals surface area (Å²) in [6, 6.07) is 2.81. The summed E-state index contributed by atoms with van der Waals surface area (Å²) < 4.78 is 2.06. The molecule has 110 valence electrons. The van der Waals surface area contributed by atoms with Gasteiger partial charge in [0.1, 0.15) is 11.9 Å². The Morgan fingerprint density at radius 1 is 1.10 bits per heavy atom. The van der Waals surface area contributed by atoms with Crippen LogP contribution < -0.4 is 0 Å². The van der Waals surface area contributed by atoms with E-state index < -0.39 is 0 Å². The molecule has 0 amide bonds. The van der Waals surface area contributed by atoms with Gasteiger partial charge in [-0.05, 0) is 27.7 Å². The lowest BCUT2D eigenvalue weighted by Crippen LogP contribution is -2.49. The lowest BCUT2D eigenvalue weighted by molar-refractivity contribution is 0.0920. The number of imidazole rings is 1. The van der Waals surface area contributed by atoms with Gasteiger partial charge < -0.3 is 4.57 Å². The first-order chi connectivity index (χ1) is 9.45. The molecule has 1 aromatic rings. The summed E-state index contributed by atoms with van der Waals surface area (Å²) in [6.07, 6.45) is 0. The smallest absolute Gasteiger partial charge is 0.142 e. The molecule has 1 saturated heterocycles. The van der Waals surface area contributed by atoms with Gasteiger partial charge in [-0.2, -0.15) is 5.26 Å². The fraction of sp³-hybridized carbons (Fsp3) is 0.733. The number of aromatic nitrogens is 2. The molecular formula is C15H25N5. The van der Waals surface area contributed by atoms with Crippen LogP contribution in [0.25, 0.3) is 0 Å². The third-order valence-electron chi connectivity index (χ3n) is 4.47. The van der Waals surface area contributed by atoms with Gasteiger partial charge in [-0.1, -0.05) is 0 Å². The molecule has 1 aliphatic rings. The first-order valence-electron chi connectivity index (χ1n) is 7.33. The van der Waals surface area contributed by atoms with Crippen LogP contribution in [0.15, 0.2) is 0 Å². The second kappa shape index (κ2) is 5.94. The fourth-order valence-electron chi connectivity index (χ4n) is 2.83. The van der Waals surface area contributed by atoms with Crippen LogP contribution in [-0.4, -0.2) is 51.6 Å². The molecule has 0 aromatic carbocycles. The highest BCUT2D eigenvalue weighted by Gasteiger charge is 2.29. The van der Waals surface area contributed by atoms with Crippen LogP contribution in [0.3, 0.4) is 0 Å². The summed E-state index contributed by atoms with van der Waals surface area (Å²) in [5.41, 5.74) is 2.02. The van der Waals surface area contributed by atoms with E-state index in [4.69, 9.17) is 0 Å². The Labute approximate surface area is 121 Å². The molecule has 1 aromatic heterocycles. The molecule has 1 aliphatic heterocycles. The SMILES string of the molecule is Cc1nc(C(C#N)N2CCN(C(C)C)CC2)c(C)n1C. The summed E-state index contributed by atoms with van der Waals surface area (Å²) in [5.74, 6) is 0.971. The number of nitriles is 1. The van der Waals surface area contributed by atoms with Gasteiger partial charge in [0.05, 0.1) is 11.8 Å². The zero-order valence-electron chi connectivity index (χ0n) is 13.2. The predicted octanol–water partition coefficient (Wildman–Crippen LogP) is 1.63. The number of rotatable bonds is 3. The molecular weight excluding hydrogens is 250 g/mol. The second-order valence-electron chi connectivity index (χ2n) is 5.89. The second-order valence-corrected chi connectivity index (χ2v) is 5.89. The van der Waals surface area contributed by atoms with E-state index in [1.165, 1.54) is 0 Å². The van der Waals surface area contributed by atoms with E-state index in [0.717, 1.165) is 43.4 Å². The Balaban J connectivity index is 2.14.